The van der Waals surface area contributed by atoms with E-state index in [0.29, 0.717) is 12.5 Å². The third-order valence-electron chi connectivity index (χ3n) is 1.75. The normalized spacial score (nSPS) is 30.3. The summed E-state index contributed by atoms with van der Waals surface area (Å²) in [6.07, 6.45) is 5.77. The molecule has 0 radical (unpaired) electrons. The van der Waals surface area contributed by atoms with Crippen LogP contribution in [-0.4, -0.2) is 18.4 Å². The number of hydrogen-bond acceptors (Lipinski definition) is 2. The predicted octanol–water partition coefficient (Wildman–Crippen LogP) is 1.82. The van der Waals surface area contributed by atoms with Crippen molar-refractivity contribution >= 4 is 6.21 Å². The zero-order valence-electron chi connectivity index (χ0n) is 6.16. The van der Waals surface area contributed by atoms with Crippen molar-refractivity contribution in [1.82, 2.24) is 0 Å². The van der Waals surface area contributed by atoms with Crippen molar-refractivity contribution in [3.8, 4) is 0 Å². The van der Waals surface area contributed by atoms with Crippen LogP contribution in [0.4, 0.5) is 4.39 Å². The van der Waals surface area contributed by atoms with Gasteiger partial charge in [-0.25, -0.2) is 4.39 Å². The molecular formula is C8H10FNO. The second kappa shape index (κ2) is 2.74. The Bertz CT molecular complexity index is 208. The number of aliphatic imine (C=N–C) groups is 1. The summed E-state index contributed by atoms with van der Waals surface area (Å²) < 4.78 is 18.0. The summed E-state index contributed by atoms with van der Waals surface area (Å²) in [6, 6.07) is 0. The molecule has 2 aliphatic rings. The van der Waals surface area contributed by atoms with Crippen molar-refractivity contribution in [3.63, 3.8) is 0 Å². The summed E-state index contributed by atoms with van der Waals surface area (Å²) in [5.41, 5.74) is 0. The van der Waals surface area contributed by atoms with Crippen molar-refractivity contribution in [2.45, 2.75) is 31.5 Å². The quantitative estimate of drug-likeness (QED) is 0.596. The molecule has 1 heterocycles. The van der Waals surface area contributed by atoms with Crippen molar-refractivity contribution in [3.05, 3.63) is 12.0 Å². The minimum absolute atomic E-state index is 0.118. The van der Waals surface area contributed by atoms with Crippen molar-refractivity contribution in [1.29, 1.82) is 0 Å². The van der Waals surface area contributed by atoms with Crippen LogP contribution >= 0.6 is 0 Å². The first kappa shape index (κ1) is 6.98. The Morgan fingerprint density at radius 3 is 3.00 bits per heavy atom. The third-order valence-corrected chi connectivity index (χ3v) is 1.75. The first-order valence-corrected chi connectivity index (χ1v) is 3.88. The number of halogens is 1. The van der Waals surface area contributed by atoms with Gasteiger partial charge in [0, 0.05) is 12.6 Å². The second-order valence-electron chi connectivity index (χ2n) is 2.95. The van der Waals surface area contributed by atoms with E-state index in [1.54, 1.807) is 6.21 Å². The van der Waals surface area contributed by atoms with Gasteiger partial charge in [-0.3, -0.25) is 4.99 Å². The molecule has 1 aliphatic heterocycles. The van der Waals surface area contributed by atoms with E-state index < -0.39 is 0 Å². The lowest BCUT2D eigenvalue weighted by molar-refractivity contribution is 0.0823. The Morgan fingerprint density at radius 1 is 1.55 bits per heavy atom. The van der Waals surface area contributed by atoms with Crippen LogP contribution in [0, 0.1) is 0 Å². The van der Waals surface area contributed by atoms with Crippen molar-refractivity contribution in [2.75, 3.05) is 0 Å². The fourth-order valence-corrected chi connectivity index (χ4v) is 1.05. The lowest BCUT2D eigenvalue weighted by atomic mass is 10.2. The monoisotopic (exact) mass is 155 g/mol. The lowest BCUT2D eigenvalue weighted by Gasteiger charge is -2.13. The average molecular weight is 155 g/mol. The van der Waals surface area contributed by atoms with Crippen LogP contribution in [0.25, 0.3) is 0 Å². The van der Waals surface area contributed by atoms with Crippen molar-refractivity contribution < 1.29 is 9.13 Å². The Hall–Kier alpha value is -0.700. The van der Waals surface area contributed by atoms with Gasteiger partial charge in [0.1, 0.15) is 5.83 Å². The van der Waals surface area contributed by atoms with E-state index in [2.05, 4.69) is 4.99 Å². The maximum atomic E-state index is 12.6. The molecule has 0 amide bonds. The topological polar surface area (TPSA) is 21.6 Å². The molecule has 1 aliphatic carbocycles. The number of rotatable bonds is 2. The average Bonchev–Trinajstić information content (AvgIpc) is 2.71. The van der Waals surface area contributed by atoms with Gasteiger partial charge in [-0.15, -0.1) is 0 Å². The van der Waals surface area contributed by atoms with E-state index in [0.717, 1.165) is 12.8 Å². The molecule has 0 N–H and O–H groups in total. The number of ether oxygens (including phenoxy) is 1. The van der Waals surface area contributed by atoms with E-state index in [1.165, 1.54) is 6.20 Å². The van der Waals surface area contributed by atoms with E-state index in [-0.39, 0.29) is 11.9 Å². The van der Waals surface area contributed by atoms with E-state index in [1.807, 2.05) is 0 Å². The first-order valence-electron chi connectivity index (χ1n) is 3.88. The minimum atomic E-state index is -0.182. The fraction of sp³-hybridized carbons (Fsp3) is 0.625. The first-order chi connectivity index (χ1) is 5.34. The highest BCUT2D eigenvalue weighted by Crippen LogP contribution is 2.27. The third kappa shape index (κ3) is 1.87. The molecule has 1 saturated carbocycles. The number of hydrogen-bond donors (Lipinski definition) is 0. The Labute approximate surface area is 64.8 Å². The smallest absolute Gasteiger partial charge is 0.121 e. The summed E-state index contributed by atoms with van der Waals surface area (Å²) in [5, 5.41) is 0. The summed E-state index contributed by atoms with van der Waals surface area (Å²) >= 11 is 0. The fourth-order valence-electron chi connectivity index (χ4n) is 1.05. The Balaban J connectivity index is 1.86. The molecule has 2 nitrogen and oxygen atoms in total. The van der Waals surface area contributed by atoms with Crippen LogP contribution in [-0.2, 0) is 4.74 Å². The molecule has 0 aromatic heterocycles. The standard InChI is InChI=1S/C8H10FNO/c9-6-3-8(5-10-4-6)11-7-1-2-7/h4-5,7-8H,1-3H2. The van der Waals surface area contributed by atoms with Gasteiger partial charge in [0.15, 0.2) is 0 Å². The summed E-state index contributed by atoms with van der Waals surface area (Å²) in [4.78, 5) is 3.73. The molecule has 1 fully saturated rings. The molecule has 3 heteroatoms. The summed E-state index contributed by atoms with van der Waals surface area (Å²) in [6.45, 7) is 0. The molecule has 11 heavy (non-hydrogen) atoms. The van der Waals surface area contributed by atoms with Gasteiger partial charge in [0.25, 0.3) is 0 Å². The SMILES string of the molecule is FC1=CN=CC(OC2CC2)C1. The van der Waals surface area contributed by atoms with E-state index >= 15 is 0 Å². The van der Waals surface area contributed by atoms with E-state index in [4.69, 9.17) is 4.74 Å². The molecule has 0 bridgehead atoms. The summed E-state index contributed by atoms with van der Waals surface area (Å²) in [5.74, 6) is -0.182. The molecule has 0 aromatic rings. The van der Waals surface area contributed by atoms with Crippen LogP contribution in [0.1, 0.15) is 19.3 Å². The highest BCUT2D eigenvalue weighted by molar-refractivity contribution is 5.65. The molecular weight excluding hydrogens is 145 g/mol. The lowest BCUT2D eigenvalue weighted by Crippen LogP contribution is -2.17. The van der Waals surface area contributed by atoms with Gasteiger partial charge < -0.3 is 4.74 Å². The maximum Gasteiger partial charge on any atom is 0.121 e. The zero-order valence-corrected chi connectivity index (χ0v) is 6.16. The molecule has 2 rings (SSSR count). The van der Waals surface area contributed by atoms with Gasteiger partial charge in [0.2, 0.25) is 0 Å². The van der Waals surface area contributed by atoms with Gasteiger partial charge in [-0.05, 0) is 12.8 Å². The largest absolute Gasteiger partial charge is 0.369 e. The maximum absolute atomic E-state index is 12.6. The minimum Gasteiger partial charge on any atom is -0.369 e. The molecule has 1 atom stereocenters. The number of nitrogens with zero attached hydrogens (tertiary/aromatic N) is 1. The highest BCUT2D eigenvalue weighted by atomic mass is 19.1. The van der Waals surface area contributed by atoms with Crippen LogP contribution in [0.5, 0.6) is 0 Å². The zero-order chi connectivity index (χ0) is 7.68. The van der Waals surface area contributed by atoms with Crippen LogP contribution in [0.3, 0.4) is 0 Å². The molecule has 1 unspecified atom stereocenters. The highest BCUT2D eigenvalue weighted by Gasteiger charge is 2.26. The Kier molecular flexibility index (Phi) is 1.74. The van der Waals surface area contributed by atoms with Crippen LogP contribution < -0.4 is 0 Å². The van der Waals surface area contributed by atoms with Gasteiger partial charge in [-0.2, -0.15) is 0 Å². The second-order valence-corrected chi connectivity index (χ2v) is 2.95. The van der Waals surface area contributed by atoms with Crippen LogP contribution in [0.15, 0.2) is 17.0 Å². The molecule has 0 saturated heterocycles. The van der Waals surface area contributed by atoms with Crippen molar-refractivity contribution in [2.24, 2.45) is 4.99 Å². The van der Waals surface area contributed by atoms with Gasteiger partial charge >= 0.3 is 0 Å². The van der Waals surface area contributed by atoms with Gasteiger partial charge in [0.05, 0.1) is 18.4 Å². The van der Waals surface area contributed by atoms with Crippen LogP contribution in [0.2, 0.25) is 0 Å². The molecule has 60 valence electrons. The molecule has 0 aromatic carbocycles. The van der Waals surface area contributed by atoms with E-state index in [9.17, 15) is 4.39 Å². The Morgan fingerprint density at radius 2 is 2.36 bits per heavy atom. The predicted molar refractivity (Wildman–Crippen MR) is 40.2 cm³/mol. The van der Waals surface area contributed by atoms with Gasteiger partial charge in [-0.1, -0.05) is 0 Å². The summed E-state index contributed by atoms with van der Waals surface area (Å²) in [7, 11) is 0. The molecule has 0 spiro atoms.